The number of ether oxygens (including phenoxy) is 7. The zero-order valence-corrected chi connectivity index (χ0v) is 44.3. The van der Waals surface area contributed by atoms with E-state index in [0.29, 0.717) is 37.2 Å². The minimum absolute atomic E-state index is 0.0586. The van der Waals surface area contributed by atoms with E-state index in [1.807, 2.05) is 30.3 Å². The van der Waals surface area contributed by atoms with E-state index in [9.17, 15) is 33.6 Å². The summed E-state index contributed by atoms with van der Waals surface area (Å²) in [4.78, 5) is 95.6. The molecule has 70 heavy (non-hydrogen) atoms. The van der Waals surface area contributed by atoms with Crippen LogP contribution >= 0.6 is 34.8 Å². The number of amides is 5. The van der Waals surface area contributed by atoms with E-state index in [1.54, 1.807) is 45.0 Å². The number of nitrogens with zero attached hydrogens (tertiary/aromatic N) is 1. The predicted molar refractivity (Wildman–Crippen MR) is 264 cm³/mol. The van der Waals surface area contributed by atoms with Crippen molar-refractivity contribution in [1.82, 2.24) is 26.2 Å². The van der Waals surface area contributed by atoms with Gasteiger partial charge >= 0.3 is 30.2 Å². The molecule has 2 aromatic carbocycles. The molecule has 0 radical (unpaired) electrons. The van der Waals surface area contributed by atoms with Crippen molar-refractivity contribution in [2.75, 3.05) is 40.2 Å². The summed E-state index contributed by atoms with van der Waals surface area (Å²) in [6, 6.07) is 11.4. The normalized spacial score (nSPS) is 15.5. The largest absolute Gasteiger partial charge is 0.497 e. The number of carbonyl (C=O) groups excluding carboxylic acids is 7. The van der Waals surface area contributed by atoms with E-state index in [0.717, 1.165) is 11.6 Å². The number of nitrogens with one attached hydrogen (secondary N) is 4. The van der Waals surface area contributed by atoms with Gasteiger partial charge in [-0.25, -0.2) is 24.0 Å². The van der Waals surface area contributed by atoms with Crippen LogP contribution in [0.4, 0.5) is 14.4 Å². The van der Waals surface area contributed by atoms with Crippen LogP contribution in [0, 0.1) is 0 Å². The van der Waals surface area contributed by atoms with Crippen molar-refractivity contribution in [2.24, 2.45) is 0 Å². The van der Waals surface area contributed by atoms with Crippen LogP contribution in [-0.4, -0.2) is 135 Å². The van der Waals surface area contributed by atoms with E-state index in [1.165, 1.54) is 18.9 Å². The Morgan fingerprint density at radius 3 is 2.11 bits per heavy atom. The van der Waals surface area contributed by atoms with Gasteiger partial charge in [-0.1, -0.05) is 96.9 Å². The highest BCUT2D eigenvalue weighted by atomic mass is 35.6. The van der Waals surface area contributed by atoms with E-state index in [-0.39, 0.29) is 39.0 Å². The van der Waals surface area contributed by atoms with Gasteiger partial charge < -0.3 is 59.3 Å². The van der Waals surface area contributed by atoms with Gasteiger partial charge in [0.15, 0.2) is 12.8 Å². The Kier molecular flexibility index (Phi) is 24.3. The van der Waals surface area contributed by atoms with Crippen LogP contribution in [0.1, 0.15) is 70.9 Å². The third kappa shape index (κ3) is 23.3. The van der Waals surface area contributed by atoms with Gasteiger partial charge in [0.1, 0.15) is 48.8 Å². The number of alkyl halides is 3. The molecule has 0 unspecified atom stereocenters. The van der Waals surface area contributed by atoms with Crippen molar-refractivity contribution in [3.63, 3.8) is 0 Å². The van der Waals surface area contributed by atoms with E-state index in [2.05, 4.69) is 40.9 Å². The van der Waals surface area contributed by atoms with E-state index < -0.39 is 103 Å². The molecule has 1 fully saturated rings. The SMILES string of the molecule is COc1ccc(C[C@H](NC(=O)[C@@H]2CCCN2C(=O)[C@H](CCCCNC(=O)OCc2ccccc2)NC(=O)OCC(Cl)(Cl)Cl)C(=O)O[C@H](C)[C@H](NC(=O)OC(C)(C)C)C(=O)OCOCC[Si](C)(C)C)cc1. The summed E-state index contributed by atoms with van der Waals surface area (Å²) in [6.07, 6.45) is -2.77. The van der Waals surface area contributed by atoms with Crippen LogP contribution in [0.2, 0.25) is 25.7 Å². The fourth-order valence-electron chi connectivity index (χ4n) is 6.75. The Morgan fingerprint density at radius 2 is 1.49 bits per heavy atom. The number of likely N-dealkylation sites (tertiary alicyclic amines) is 1. The first-order valence-corrected chi connectivity index (χ1v) is 27.8. The average molecular weight is 1060 g/mol. The van der Waals surface area contributed by atoms with Gasteiger partial charge in [-0.2, -0.15) is 0 Å². The fraction of sp³-hybridized carbons (Fsp3) is 0.596. The molecular weight excluding hydrogens is 993 g/mol. The van der Waals surface area contributed by atoms with Crippen molar-refractivity contribution in [2.45, 2.75) is 138 Å². The molecule has 390 valence electrons. The topological polar surface area (TPSA) is 235 Å². The summed E-state index contributed by atoms with van der Waals surface area (Å²) in [5.41, 5.74) is 0.462. The van der Waals surface area contributed by atoms with E-state index in [4.69, 9.17) is 68.0 Å². The number of esters is 2. The average Bonchev–Trinajstić information content (AvgIpc) is 3.78. The Hall–Kier alpha value is -5.02. The molecule has 5 atom stereocenters. The summed E-state index contributed by atoms with van der Waals surface area (Å²) in [7, 11) is 0.0470. The van der Waals surface area contributed by atoms with Gasteiger partial charge in [-0.3, -0.25) is 9.59 Å². The molecule has 1 heterocycles. The second kappa shape index (κ2) is 28.7. The van der Waals surface area contributed by atoms with Crippen LogP contribution in [-0.2, 0) is 60.6 Å². The first kappa shape index (κ1) is 59.3. The van der Waals surface area contributed by atoms with Gasteiger partial charge in [-0.15, -0.1) is 0 Å². The third-order valence-corrected chi connectivity index (χ3v) is 12.4. The number of hydrogen-bond donors (Lipinski definition) is 4. The van der Waals surface area contributed by atoms with E-state index >= 15 is 0 Å². The van der Waals surface area contributed by atoms with Crippen molar-refractivity contribution in [3.8, 4) is 5.75 Å². The fourth-order valence-corrected chi connectivity index (χ4v) is 7.67. The zero-order valence-electron chi connectivity index (χ0n) is 41.1. The Labute approximate surface area is 425 Å². The number of halogens is 3. The number of methoxy groups -OCH3 is 1. The number of benzene rings is 2. The van der Waals surface area contributed by atoms with Gasteiger partial charge in [0.25, 0.3) is 0 Å². The summed E-state index contributed by atoms with van der Waals surface area (Å²) in [5.74, 6) is -2.73. The van der Waals surface area contributed by atoms with Crippen LogP contribution in [0.25, 0.3) is 0 Å². The number of unbranched alkanes of at least 4 members (excludes halogenated alkanes) is 1. The molecule has 0 spiro atoms. The highest BCUT2D eigenvalue weighted by molar-refractivity contribution is 6.76. The molecule has 1 aliphatic heterocycles. The smallest absolute Gasteiger partial charge is 0.408 e. The van der Waals surface area contributed by atoms with Crippen LogP contribution < -0.4 is 26.0 Å². The first-order valence-electron chi connectivity index (χ1n) is 23.0. The number of rotatable bonds is 25. The molecule has 0 saturated carbocycles. The summed E-state index contributed by atoms with van der Waals surface area (Å²) in [6.45, 7) is 12.5. The third-order valence-electron chi connectivity index (χ3n) is 10.4. The highest BCUT2D eigenvalue weighted by Gasteiger charge is 2.40. The zero-order chi connectivity index (χ0) is 52.1. The van der Waals surface area contributed by atoms with Gasteiger partial charge in [-0.05, 0) is 89.1 Å². The summed E-state index contributed by atoms with van der Waals surface area (Å²) in [5, 5.41) is 10.4. The van der Waals surface area contributed by atoms with Crippen molar-refractivity contribution in [3.05, 3.63) is 65.7 Å². The molecule has 5 amide bonds. The number of hydrogen-bond acceptors (Lipinski definition) is 14. The van der Waals surface area contributed by atoms with Crippen LogP contribution in [0.5, 0.6) is 5.75 Å². The number of carbonyl (C=O) groups is 7. The second-order valence-corrected chi connectivity index (χ2v) is 26.9. The maximum atomic E-state index is 14.3. The maximum absolute atomic E-state index is 14.3. The molecule has 0 bridgehead atoms. The van der Waals surface area contributed by atoms with Crippen LogP contribution in [0.15, 0.2) is 54.6 Å². The Morgan fingerprint density at radius 1 is 0.800 bits per heavy atom. The molecule has 3 rings (SSSR count). The highest BCUT2D eigenvalue weighted by Crippen LogP contribution is 2.26. The molecule has 1 aliphatic rings. The minimum atomic E-state index is -1.93. The monoisotopic (exact) mass is 1060 g/mol. The molecule has 19 nitrogen and oxygen atoms in total. The van der Waals surface area contributed by atoms with Gasteiger partial charge in [0, 0.05) is 34.2 Å². The van der Waals surface area contributed by atoms with Crippen molar-refractivity contribution in [1.29, 1.82) is 0 Å². The second-order valence-electron chi connectivity index (χ2n) is 18.7. The number of alkyl carbamates (subject to hydrolysis) is 3. The maximum Gasteiger partial charge on any atom is 0.408 e. The first-order chi connectivity index (χ1) is 32.8. The molecule has 4 N–H and O–H groups in total. The standard InChI is InChI=1S/C47H68Cl3N5O14Si/c1-31(38(54-45(62)69-46(2,3)4)42(59)67-30-64-25-26-70(6,7)8)68-41(58)36(27-32-19-21-34(63-5)22-20-32)52-39(56)37-18-14-24-55(37)40(57)35(53-44(61)66-29-47(48,49)50)17-12-13-23-51-43(60)65-28-33-15-10-9-11-16-33/h9-11,15-16,19-22,31,35-38H,12-14,17-18,23-30H2,1-8H3,(H,51,60)(H,52,56)(H,53,61)(H,54,62)/t31-,35+,36+,37+,38+/m1/s1. The minimum Gasteiger partial charge on any atom is -0.497 e. The molecule has 23 heteroatoms. The van der Waals surface area contributed by atoms with Gasteiger partial charge in [0.2, 0.25) is 15.6 Å². The molecule has 2 aromatic rings. The lowest BCUT2D eigenvalue weighted by Gasteiger charge is -2.30. The lowest BCUT2D eigenvalue weighted by molar-refractivity contribution is -0.166. The molecule has 0 aliphatic carbocycles. The summed E-state index contributed by atoms with van der Waals surface area (Å²) >= 11 is 17.3. The quantitative estimate of drug-likeness (QED) is 0.0197. The lowest BCUT2D eigenvalue weighted by Crippen LogP contribution is -2.56. The summed E-state index contributed by atoms with van der Waals surface area (Å²) < 4.78 is 35.7. The molecule has 0 aromatic heterocycles. The van der Waals surface area contributed by atoms with Crippen LogP contribution in [0.3, 0.4) is 0 Å². The molecular formula is C47H68Cl3N5O14Si. The lowest BCUT2D eigenvalue weighted by atomic mass is 10.0. The molecule has 1 saturated heterocycles. The Bertz CT molecular complexity index is 2020. The Balaban J connectivity index is 1.79. The van der Waals surface area contributed by atoms with Crippen molar-refractivity contribution >= 4 is 84.9 Å². The van der Waals surface area contributed by atoms with Crippen molar-refractivity contribution < 1.29 is 66.7 Å². The van der Waals surface area contributed by atoms with Gasteiger partial charge in [0.05, 0.1) is 7.11 Å². The predicted octanol–water partition coefficient (Wildman–Crippen LogP) is 6.96.